The number of carboxylic acids is 1. The van der Waals surface area contributed by atoms with E-state index in [0.717, 1.165) is 30.6 Å². The molecule has 0 aromatic heterocycles. The van der Waals surface area contributed by atoms with E-state index in [9.17, 15) is 19.5 Å². The second-order valence-electron chi connectivity index (χ2n) is 7.81. The van der Waals surface area contributed by atoms with Gasteiger partial charge in [0.05, 0.1) is 17.9 Å². The van der Waals surface area contributed by atoms with E-state index in [1.54, 1.807) is 4.90 Å². The van der Waals surface area contributed by atoms with Crippen LogP contribution < -0.4 is 10.2 Å². The predicted molar refractivity (Wildman–Crippen MR) is 99.9 cm³/mol. The summed E-state index contributed by atoms with van der Waals surface area (Å²) >= 11 is 0. The van der Waals surface area contributed by atoms with E-state index in [2.05, 4.69) is 5.32 Å². The van der Waals surface area contributed by atoms with Crippen LogP contribution in [0, 0.1) is 23.7 Å². The number of hydrogen-bond donors (Lipinski definition) is 2. The Hall–Kier alpha value is -2.63. The van der Waals surface area contributed by atoms with E-state index in [-0.39, 0.29) is 29.7 Å². The number of rotatable bonds is 5. The third-order valence-electron chi connectivity index (χ3n) is 6.18. The zero-order valence-corrected chi connectivity index (χ0v) is 15.3. The Morgan fingerprint density at radius 3 is 2.41 bits per heavy atom. The van der Waals surface area contributed by atoms with Crippen LogP contribution in [-0.4, -0.2) is 29.4 Å². The fraction of sp³-hybridized carbons (Fsp3) is 0.476. The minimum atomic E-state index is -0.890. The molecule has 1 aromatic rings. The van der Waals surface area contributed by atoms with Crippen molar-refractivity contribution in [3.05, 3.63) is 42.0 Å². The van der Waals surface area contributed by atoms with Crippen LogP contribution >= 0.6 is 0 Å². The molecule has 0 unspecified atom stereocenters. The van der Waals surface area contributed by atoms with Gasteiger partial charge in [0.2, 0.25) is 11.8 Å². The maximum atomic E-state index is 12.8. The first-order valence-electron chi connectivity index (χ1n) is 9.57. The zero-order chi connectivity index (χ0) is 19.1. The van der Waals surface area contributed by atoms with Gasteiger partial charge < -0.3 is 15.3 Å². The van der Waals surface area contributed by atoms with Crippen LogP contribution in [0.3, 0.4) is 0 Å². The average molecular weight is 368 g/mol. The van der Waals surface area contributed by atoms with Gasteiger partial charge in [0.25, 0.3) is 0 Å². The molecule has 2 N–H and O–H groups in total. The van der Waals surface area contributed by atoms with E-state index in [1.807, 2.05) is 43.3 Å². The maximum absolute atomic E-state index is 12.8. The maximum Gasteiger partial charge on any atom is 0.307 e. The van der Waals surface area contributed by atoms with Crippen molar-refractivity contribution in [3.63, 3.8) is 0 Å². The first kappa shape index (κ1) is 17.8. The normalized spacial score (nSPS) is 30.0. The number of anilines is 1. The second kappa shape index (κ2) is 6.83. The number of hydrogen-bond acceptors (Lipinski definition) is 3. The molecular weight excluding hydrogens is 344 g/mol. The van der Waals surface area contributed by atoms with Gasteiger partial charge >= 0.3 is 5.97 Å². The molecule has 4 rings (SSSR count). The summed E-state index contributed by atoms with van der Waals surface area (Å²) in [6.45, 7) is 2.64. The molecule has 142 valence electrons. The van der Waals surface area contributed by atoms with Gasteiger partial charge in [0.15, 0.2) is 0 Å². The molecule has 6 nitrogen and oxygen atoms in total. The van der Waals surface area contributed by atoms with Crippen LogP contribution in [0.2, 0.25) is 0 Å². The smallest absolute Gasteiger partial charge is 0.307 e. The van der Waals surface area contributed by atoms with Crippen molar-refractivity contribution in [1.82, 2.24) is 5.32 Å². The van der Waals surface area contributed by atoms with Gasteiger partial charge in [-0.05, 0) is 49.3 Å². The van der Waals surface area contributed by atoms with Crippen LogP contribution in [0.1, 0.15) is 37.8 Å². The molecule has 6 heteroatoms. The molecule has 2 fully saturated rings. The molecule has 1 saturated carbocycles. The number of benzene rings is 1. The van der Waals surface area contributed by atoms with E-state index in [0.29, 0.717) is 6.42 Å². The van der Waals surface area contributed by atoms with Crippen molar-refractivity contribution in [1.29, 1.82) is 0 Å². The highest BCUT2D eigenvalue weighted by atomic mass is 16.4. The summed E-state index contributed by atoms with van der Waals surface area (Å²) < 4.78 is 0. The minimum absolute atomic E-state index is 0.0202. The summed E-state index contributed by atoms with van der Waals surface area (Å²) in [5.41, 5.74) is 1.81. The van der Waals surface area contributed by atoms with Gasteiger partial charge in [-0.1, -0.05) is 24.3 Å². The molecule has 1 saturated heterocycles. The van der Waals surface area contributed by atoms with Gasteiger partial charge in [-0.2, -0.15) is 0 Å². The Balaban J connectivity index is 1.43. The number of amides is 2. The van der Waals surface area contributed by atoms with Gasteiger partial charge in [-0.3, -0.25) is 14.4 Å². The van der Waals surface area contributed by atoms with Gasteiger partial charge in [0.1, 0.15) is 0 Å². The average Bonchev–Trinajstić information content (AvgIpc) is 3.37. The molecule has 1 heterocycles. The molecule has 1 aromatic carbocycles. The van der Waals surface area contributed by atoms with Crippen LogP contribution in [0.15, 0.2) is 36.4 Å². The number of aliphatic carboxylic acids is 1. The van der Waals surface area contributed by atoms with Crippen LogP contribution in [0.5, 0.6) is 0 Å². The van der Waals surface area contributed by atoms with Crippen LogP contribution in [0.25, 0.3) is 0 Å². The molecule has 2 amide bonds. The fourth-order valence-corrected chi connectivity index (χ4v) is 4.77. The summed E-state index contributed by atoms with van der Waals surface area (Å²) in [6, 6.07) is 7.42. The molecule has 2 aliphatic carbocycles. The van der Waals surface area contributed by atoms with Crippen LogP contribution in [-0.2, 0) is 14.4 Å². The van der Waals surface area contributed by atoms with Crippen molar-refractivity contribution in [3.8, 4) is 0 Å². The van der Waals surface area contributed by atoms with Gasteiger partial charge in [-0.15, -0.1) is 0 Å². The number of nitrogens with one attached hydrogen (secondary N) is 1. The molecular formula is C21H24N2O4. The van der Waals surface area contributed by atoms with Crippen molar-refractivity contribution in [2.75, 3.05) is 11.4 Å². The Morgan fingerprint density at radius 2 is 1.81 bits per heavy atom. The zero-order valence-electron chi connectivity index (χ0n) is 15.3. The van der Waals surface area contributed by atoms with E-state index in [1.165, 1.54) is 0 Å². The number of nitrogens with zero attached hydrogens (tertiary/aromatic N) is 1. The standard InChI is InChI=1S/C21H24N2O4/c1-12(13-6-8-16(9-7-13)23-10-2-3-17(23)24)22-20(25)18-14-4-5-15(11-14)19(18)21(26)27/h4-9,12,14-15,18-19H,2-3,10-11H2,1H3,(H,22,25)(H,26,27)/t12-,14-,15-,18+,19-/m0/s1. The van der Waals surface area contributed by atoms with Crippen molar-refractivity contribution < 1.29 is 19.5 Å². The van der Waals surface area contributed by atoms with Gasteiger partial charge in [-0.25, -0.2) is 0 Å². The number of carbonyl (C=O) groups excluding carboxylic acids is 2. The summed E-state index contributed by atoms with van der Waals surface area (Å²) in [5, 5.41) is 12.5. The molecule has 3 aliphatic rings. The third-order valence-corrected chi connectivity index (χ3v) is 6.18. The lowest BCUT2D eigenvalue weighted by atomic mass is 9.82. The Labute approximate surface area is 158 Å². The summed E-state index contributed by atoms with van der Waals surface area (Å²) in [6.07, 6.45) is 6.16. The molecule has 0 spiro atoms. The van der Waals surface area contributed by atoms with E-state index >= 15 is 0 Å². The SMILES string of the molecule is C[C@H](NC(=O)[C@H]1[C@@H](C(=O)O)[C@H]2C=C[C@H]1C2)c1ccc(N2CCCC2=O)cc1. The number of carboxylic acid groups (broad SMARTS) is 1. The molecule has 27 heavy (non-hydrogen) atoms. The molecule has 5 atom stereocenters. The largest absolute Gasteiger partial charge is 0.481 e. The monoisotopic (exact) mass is 368 g/mol. The summed E-state index contributed by atoms with van der Waals surface area (Å²) in [7, 11) is 0. The van der Waals surface area contributed by atoms with Crippen molar-refractivity contribution >= 4 is 23.5 Å². The Morgan fingerprint density at radius 1 is 1.15 bits per heavy atom. The minimum Gasteiger partial charge on any atom is -0.481 e. The topological polar surface area (TPSA) is 86.7 Å². The lowest BCUT2D eigenvalue weighted by molar-refractivity contribution is -0.148. The van der Waals surface area contributed by atoms with Crippen molar-refractivity contribution in [2.24, 2.45) is 23.7 Å². The lowest BCUT2D eigenvalue weighted by Gasteiger charge is -2.26. The highest BCUT2D eigenvalue weighted by Gasteiger charge is 2.51. The van der Waals surface area contributed by atoms with E-state index in [4.69, 9.17) is 0 Å². The molecule has 1 aliphatic heterocycles. The fourth-order valence-electron chi connectivity index (χ4n) is 4.77. The van der Waals surface area contributed by atoms with Crippen LogP contribution in [0.4, 0.5) is 5.69 Å². The number of fused-ring (bicyclic) bond motifs is 2. The lowest BCUT2D eigenvalue weighted by Crippen LogP contribution is -2.41. The Bertz CT molecular complexity index is 801. The second-order valence-corrected chi connectivity index (χ2v) is 7.81. The molecule has 0 radical (unpaired) electrons. The third kappa shape index (κ3) is 3.13. The molecule has 2 bridgehead atoms. The first-order valence-corrected chi connectivity index (χ1v) is 9.57. The summed E-state index contributed by atoms with van der Waals surface area (Å²) in [5.74, 6) is -2.07. The number of allylic oxidation sites excluding steroid dienone is 2. The number of carbonyl (C=O) groups is 3. The first-order chi connectivity index (χ1) is 13.0. The Kier molecular flexibility index (Phi) is 4.50. The van der Waals surface area contributed by atoms with Gasteiger partial charge in [0, 0.05) is 18.7 Å². The highest BCUT2D eigenvalue weighted by molar-refractivity contribution is 5.95. The van der Waals surface area contributed by atoms with E-state index < -0.39 is 17.8 Å². The highest BCUT2D eigenvalue weighted by Crippen LogP contribution is 2.48. The quantitative estimate of drug-likeness (QED) is 0.782. The predicted octanol–water partition coefficient (Wildman–Crippen LogP) is 2.51. The summed E-state index contributed by atoms with van der Waals surface area (Å²) in [4.78, 5) is 38.0. The van der Waals surface area contributed by atoms with Crippen molar-refractivity contribution in [2.45, 2.75) is 32.2 Å².